The largest absolute Gasteiger partial charge is 0.502 e. The molecule has 0 spiro atoms. The van der Waals surface area contributed by atoms with Gasteiger partial charge in [-0.1, -0.05) is 36.4 Å². The van der Waals surface area contributed by atoms with E-state index in [1.165, 1.54) is 22.9 Å². The number of aromatic hydroxyl groups is 1. The third kappa shape index (κ3) is 2.93. The van der Waals surface area contributed by atoms with Gasteiger partial charge < -0.3 is 10.0 Å². The van der Waals surface area contributed by atoms with Crippen LogP contribution in [0, 0.1) is 11.6 Å². The fourth-order valence-electron chi connectivity index (χ4n) is 4.95. The van der Waals surface area contributed by atoms with Crippen LogP contribution in [0.2, 0.25) is 0 Å². The molecule has 3 atom stereocenters. The fourth-order valence-corrected chi connectivity index (χ4v) is 4.95. The standard InChI is InChI=1S/C23H19F2N3O3/c24-14-8-4-9-15(25)19(14)18(13-6-2-1-3-7-13)20-16-10-5-11-27(16)23(31)21-22(30)17(29)12-26-28(20)21/h1-4,6-9,12,16,18,20,30H,5,10-11H2/t16-,18?,20-/m1/s1. The number of aromatic nitrogens is 2. The van der Waals surface area contributed by atoms with Gasteiger partial charge in [0.1, 0.15) is 11.6 Å². The summed E-state index contributed by atoms with van der Waals surface area (Å²) in [7, 11) is 0. The van der Waals surface area contributed by atoms with Gasteiger partial charge in [0.15, 0.2) is 11.4 Å². The second-order valence-electron chi connectivity index (χ2n) is 7.87. The second kappa shape index (κ2) is 7.30. The van der Waals surface area contributed by atoms with Crippen LogP contribution in [0.5, 0.6) is 5.75 Å². The third-order valence-electron chi connectivity index (χ3n) is 6.24. The molecule has 0 saturated carbocycles. The van der Waals surface area contributed by atoms with Crippen LogP contribution >= 0.6 is 0 Å². The Labute approximate surface area is 176 Å². The molecule has 158 valence electrons. The molecule has 0 bridgehead atoms. The SMILES string of the molecule is O=C1c2c(O)c(=O)cnn2[C@@H](C(c2ccccc2)c2c(F)cccc2F)[C@H]2CCCN12. The first-order chi connectivity index (χ1) is 15.0. The predicted octanol–water partition coefficient (Wildman–Crippen LogP) is 3.22. The molecular weight excluding hydrogens is 404 g/mol. The lowest BCUT2D eigenvalue weighted by Gasteiger charge is -2.42. The Bertz CT molecular complexity index is 1210. The zero-order valence-electron chi connectivity index (χ0n) is 16.4. The van der Waals surface area contributed by atoms with E-state index in [9.17, 15) is 14.7 Å². The van der Waals surface area contributed by atoms with E-state index in [-0.39, 0.29) is 11.3 Å². The summed E-state index contributed by atoms with van der Waals surface area (Å²) in [4.78, 5) is 26.7. The van der Waals surface area contributed by atoms with Crippen molar-refractivity contribution in [3.8, 4) is 5.75 Å². The van der Waals surface area contributed by atoms with Crippen molar-refractivity contribution in [2.45, 2.75) is 30.8 Å². The number of benzene rings is 2. The molecule has 1 saturated heterocycles. The number of nitrogens with zero attached hydrogens (tertiary/aromatic N) is 3. The molecule has 2 aromatic carbocycles. The van der Waals surface area contributed by atoms with Gasteiger partial charge in [0, 0.05) is 18.0 Å². The van der Waals surface area contributed by atoms with E-state index in [0.29, 0.717) is 24.9 Å². The summed E-state index contributed by atoms with van der Waals surface area (Å²) in [6, 6.07) is 11.5. The lowest BCUT2D eigenvalue weighted by molar-refractivity contribution is 0.0563. The minimum absolute atomic E-state index is 0.133. The molecule has 2 aliphatic heterocycles. The molecule has 0 aliphatic carbocycles. The second-order valence-corrected chi connectivity index (χ2v) is 7.87. The van der Waals surface area contributed by atoms with Crippen molar-refractivity contribution < 1.29 is 18.7 Å². The fraction of sp³-hybridized carbons (Fsp3) is 0.261. The van der Waals surface area contributed by atoms with Crippen molar-refractivity contribution in [3.63, 3.8) is 0 Å². The van der Waals surface area contributed by atoms with Crippen LogP contribution in [-0.2, 0) is 0 Å². The van der Waals surface area contributed by atoms with E-state index >= 15 is 8.78 Å². The Balaban J connectivity index is 1.82. The highest BCUT2D eigenvalue weighted by molar-refractivity contribution is 5.96. The molecule has 3 aromatic rings. The van der Waals surface area contributed by atoms with Crippen LogP contribution in [0.4, 0.5) is 8.78 Å². The molecule has 1 N–H and O–H groups in total. The smallest absolute Gasteiger partial charge is 0.276 e. The molecule has 6 nitrogen and oxygen atoms in total. The van der Waals surface area contributed by atoms with Crippen molar-refractivity contribution >= 4 is 5.91 Å². The van der Waals surface area contributed by atoms with Gasteiger partial charge in [-0.2, -0.15) is 5.10 Å². The van der Waals surface area contributed by atoms with Gasteiger partial charge in [0.05, 0.1) is 18.3 Å². The van der Waals surface area contributed by atoms with Gasteiger partial charge >= 0.3 is 0 Å². The summed E-state index contributed by atoms with van der Waals surface area (Å²) >= 11 is 0. The highest BCUT2D eigenvalue weighted by Gasteiger charge is 2.48. The molecular formula is C23H19F2N3O3. The number of amides is 1. The molecule has 31 heavy (non-hydrogen) atoms. The summed E-state index contributed by atoms with van der Waals surface area (Å²) in [5, 5.41) is 14.6. The number of carbonyl (C=O) groups excluding carboxylic acids is 1. The maximum Gasteiger partial charge on any atom is 0.276 e. The first-order valence-corrected chi connectivity index (χ1v) is 10.1. The van der Waals surface area contributed by atoms with Crippen molar-refractivity contribution in [2.24, 2.45) is 0 Å². The Morgan fingerprint density at radius 1 is 1.03 bits per heavy atom. The van der Waals surface area contributed by atoms with Gasteiger partial charge in [-0.15, -0.1) is 0 Å². The molecule has 1 fully saturated rings. The van der Waals surface area contributed by atoms with Gasteiger partial charge in [-0.3, -0.25) is 14.3 Å². The van der Waals surface area contributed by atoms with Gasteiger partial charge in [-0.25, -0.2) is 8.78 Å². The summed E-state index contributed by atoms with van der Waals surface area (Å²) in [6.07, 6.45) is 2.25. The van der Waals surface area contributed by atoms with Crippen LogP contribution in [0.15, 0.2) is 59.5 Å². The quantitative estimate of drug-likeness (QED) is 0.702. The van der Waals surface area contributed by atoms with Crippen LogP contribution < -0.4 is 5.43 Å². The summed E-state index contributed by atoms with van der Waals surface area (Å²) in [6.45, 7) is 0.434. The minimum atomic E-state index is -0.839. The van der Waals surface area contributed by atoms with Gasteiger partial charge in [0.25, 0.3) is 5.91 Å². The first-order valence-electron chi connectivity index (χ1n) is 10.1. The highest BCUT2D eigenvalue weighted by atomic mass is 19.1. The van der Waals surface area contributed by atoms with E-state index < -0.39 is 46.7 Å². The molecule has 5 rings (SSSR count). The monoisotopic (exact) mass is 423 g/mol. The molecule has 8 heteroatoms. The van der Waals surface area contributed by atoms with Crippen LogP contribution in [0.25, 0.3) is 0 Å². The number of hydrogen-bond donors (Lipinski definition) is 1. The predicted molar refractivity (Wildman–Crippen MR) is 108 cm³/mol. The van der Waals surface area contributed by atoms with E-state index in [1.54, 1.807) is 35.2 Å². The Morgan fingerprint density at radius 2 is 1.74 bits per heavy atom. The summed E-state index contributed by atoms with van der Waals surface area (Å²) in [5.74, 6) is -3.45. The third-order valence-corrected chi connectivity index (χ3v) is 6.24. The van der Waals surface area contributed by atoms with Crippen LogP contribution in [0.1, 0.15) is 46.4 Å². The maximum absolute atomic E-state index is 15.0. The van der Waals surface area contributed by atoms with Crippen LogP contribution in [0.3, 0.4) is 0 Å². The lowest BCUT2D eigenvalue weighted by Crippen LogP contribution is -2.51. The summed E-state index contributed by atoms with van der Waals surface area (Å²) in [5.41, 5.74) is -0.507. The molecule has 1 aromatic heterocycles. The van der Waals surface area contributed by atoms with Gasteiger partial charge in [-0.05, 0) is 30.5 Å². The lowest BCUT2D eigenvalue weighted by atomic mass is 9.79. The number of halogens is 2. The van der Waals surface area contributed by atoms with E-state index in [2.05, 4.69) is 5.10 Å². The summed E-state index contributed by atoms with van der Waals surface area (Å²) < 4.78 is 31.3. The zero-order chi connectivity index (χ0) is 21.7. The van der Waals surface area contributed by atoms with E-state index in [4.69, 9.17) is 0 Å². The highest BCUT2D eigenvalue weighted by Crippen LogP contribution is 2.46. The molecule has 0 radical (unpaired) electrons. The maximum atomic E-state index is 15.0. The first kappa shape index (κ1) is 19.4. The van der Waals surface area contributed by atoms with Crippen molar-refractivity contribution in [1.82, 2.24) is 14.7 Å². The molecule has 1 unspecified atom stereocenters. The van der Waals surface area contributed by atoms with Crippen molar-refractivity contribution in [3.05, 3.63) is 93.4 Å². The van der Waals surface area contributed by atoms with Gasteiger partial charge in [0.2, 0.25) is 5.43 Å². The minimum Gasteiger partial charge on any atom is -0.502 e. The molecule has 2 aliphatic rings. The van der Waals surface area contributed by atoms with Crippen molar-refractivity contribution in [1.29, 1.82) is 0 Å². The van der Waals surface area contributed by atoms with Crippen LogP contribution in [-0.4, -0.2) is 38.3 Å². The zero-order valence-corrected chi connectivity index (χ0v) is 16.4. The van der Waals surface area contributed by atoms with Crippen molar-refractivity contribution in [2.75, 3.05) is 6.54 Å². The average Bonchev–Trinajstić information content (AvgIpc) is 3.25. The Kier molecular flexibility index (Phi) is 4.57. The normalized spacial score (nSPS) is 21.0. The topological polar surface area (TPSA) is 75.4 Å². The molecule has 3 heterocycles. The average molecular weight is 423 g/mol. The number of fused-ring (bicyclic) bond motifs is 2. The molecule has 1 amide bonds. The number of carbonyl (C=O) groups is 1. The van der Waals surface area contributed by atoms with E-state index in [0.717, 1.165) is 6.20 Å². The Morgan fingerprint density at radius 3 is 2.45 bits per heavy atom. The number of hydrogen-bond acceptors (Lipinski definition) is 4. The number of rotatable bonds is 3. The Hall–Kier alpha value is -3.55. The van der Waals surface area contributed by atoms with E-state index in [1.807, 2.05) is 0 Å².